The Kier molecular flexibility index (Phi) is 5.19. The Labute approximate surface area is 147 Å². The summed E-state index contributed by atoms with van der Waals surface area (Å²) in [7, 11) is -3.23. The number of nitrogens with one attached hydrogen (secondary N) is 1. The molecule has 2 aromatic heterocycles. The fourth-order valence-corrected chi connectivity index (χ4v) is 3.85. The van der Waals surface area contributed by atoms with Crippen molar-refractivity contribution in [1.82, 2.24) is 19.2 Å². The number of hydrogen-bond acceptors (Lipinski definition) is 4. The number of aromatic nitrogens is 2. The minimum atomic E-state index is -3.23. The Hall–Kier alpha value is -2.19. The SMILES string of the molecule is CS(=O)(=O)N1CCCn2c(ccc2C(=O)NCCc2ccncc2)C1. The van der Waals surface area contributed by atoms with E-state index in [0.29, 0.717) is 38.3 Å². The highest BCUT2D eigenvalue weighted by Crippen LogP contribution is 2.18. The topological polar surface area (TPSA) is 84.3 Å². The standard InChI is InChI=1S/C17H22N4O3S/c1-25(23,24)20-11-2-12-21-15(13-20)3-4-16(21)17(22)19-10-7-14-5-8-18-9-6-14/h3-6,8-9H,2,7,10-13H2,1H3,(H,19,22). The fourth-order valence-electron chi connectivity index (χ4n) is 3.02. The summed E-state index contributed by atoms with van der Waals surface area (Å²) in [5, 5.41) is 2.93. The Balaban J connectivity index is 1.66. The number of amides is 1. The van der Waals surface area contributed by atoms with Crippen molar-refractivity contribution in [3.8, 4) is 0 Å². The molecular formula is C17H22N4O3S. The lowest BCUT2D eigenvalue weighted by Gasteiger charge is -2.16. The lowest BCUT2D eigenvalue weighted by molar-refractivity contribution is 0.0944. The minimum Gasteiger partial charge on any atom is -0.350 e. The number of pyridine rings is 1. The molecule has 7 nitrogen and oxygen atoms in total. The quantitative estimate of drug-likeness (QED) is 0.861. The summed E-state index contributed by atoms with van der Waals surface area (Å²) >= 11 is 0. The molecule has 0 radical (unpaired) electrons. The van der Waals surface area contributed by atoms with Crippen LogP contribution >= 0.6 is 0 Å². The smallest absolute Gasteiger partial charge is 0.267 e. The molecule has 3 rings (SSSR count). The molecule has 0 saturated carbocycles. The zero-order valence-corrected chi connectivity index (χ0v) is 15.0. The van der Waals surface area contributed by atoms with Gasteiger partial charge in [-0.05, 0) is 42.7 Å². The molecule has 0 saturated heterocycles. The van der Waals surface area contributed by atoms with Crippen LogP contribution in [-0.4, -0.2) is 47.5 Å². The third kappa shape index (κ3) is 4.26. The molecule has 0 spiro atoms. The van der Waals surface area contributed by atoms with Crippen molar-refractivity contribution in [3.05, 3.63) is 53.6 Å². The van der Waals surface area contributed by atoms with E-state index in [-0.39, 0.29) is 5.91 Å². The highest BCUT2D eigenvalue weighted by Gasteiger charge is 2.24. The number of hydrogen-bond donors (Lipinski definition) is 1. The molecule has 0 aliphatic carbocycles. The Bertz CT molecular complexity index is 846. The van der Waals surface area contributed by atoms with Crippen LogP contribution in [0.25, 0.3) is 0 Å². The van der Waals surface area contributed by atoms with E-state index in [9.17, 15) is 13.2 Å². The van der Waals surface area contributed by atoms with Crippen molar-refractivity contribution in [3.63, 3.8) is 0 Å². The van der Waals surface area contributed by atoms with Crippen LogP contribution in [0.15, 0.2) is 36.7 Å². The first-order chi connectivity index (χ1) is 11.9. The molecule has 0 unspecified atom stereocenters. The maximum Gasteiger partial charge on any atom is 0.267 e. The number of carbonyl (C=O) groups is 1. The van der Waals surface area contributed by atoms with Crippen LogP contribution in [0.4, 0.5) is 0 Å². The predicted molar refractivity (Wildman–Crippen MR) is 94.6 cm³/mol. The van der Waals surface area contributed by atoms with Gasteiger partial charge in [0.2, 0.25) is 10.0 Å². The molecule has 1 amide bonds. The van der Waals surface area contributed by atoms with Crippen LogP contribution in [0.3, 0.4) is 0 Å². The summed E-state index contributed by atoms with van der Waals surface area (Å²) in [5.74, 6) is -0.131. The molecule has 8 heteroatoms. The van der Waals surface area contributed by atoms with Gasteiger partial charge in [0, 0.05) is 37.7 Å². The average Bonchev–Trinajstić information content (AvgIpc) is 2.84. The summed E-state index contributed by atoms with van der Waals surface area (Å²) in [6, 6.07) is 7.45. The van der Waals surface area contributed by atoms with Gasteiger partial charge < -0.3 is 9.88 Å². The van der Waals surface area contributed by atoms with Gasteiger partial charge in [-0.3, -0.25) is 9.78 Å². The van der Waals surface area contributed by atoms with Gasteiger partial charge in [0.1, 0.15) is 5.69 Å². The van der Waals surface area contributed by atoms with Gasteiger partial charge in [-0.2, -0.15) is 4.31 Å². The van der Waals surface area contributed by atoms with Gasteiger partial charge in [0.25, 0.3) is 5.91 Å². The van der Waals surface area contributed by atoms with E-state index in [1.807, 2.05) is 22.8 Å². The van der Waals surface area contributed by atoms with Gasteiger partial charge >= 0.3 is 0 Å². The lowest BCUT2D eigenvalue weighted by Crippen LogP contribution is -2.29. The third-order valence-corrected chi connectivity index (χ3v) is 5.60. The zero-order valence-electron chi connectivity index (χ0n) is 14.2. The van der Waals surface area contributed by atoms with E-state index in [4.69, 9.17) is 0 Å². The summed E-state index contributed by atoms with van der Waals surface area (Å²) < 4.78 is 27.0. The van der Waals surface area contributed by atoms with Crippen LogP contribution in [0.5, 0.6) is 0 Å². The van der Waals surface area contributed by atoms with Crippen LogP contribution < -0.4 is 5.32 Å². The van der Waals surface area contributed by atoms with E-state index in [2.05, 4.69) is 10.3 Å². The van der Waals surface area contributed by atoms with Gasteiger partial charge in [0.15, 0.2) is 0 Å². The number of nitrogens with zero attached hydrogens (tertiary/aromatic N) is 3. The van der Waals surface area contributed by atoms with Crippen molar-refractivity contribution in [2.75, 3.05) is 19.3 Å². The molecule has 0 aromatic carbocycles. The molecule has 25 heavy (non-hydrogen) atoms. The summed E-state index contributed by atoms with van der Waals surface area (Å²) in [4.78, 5) is 16.5. The lowest BCUT2D eigenvalue weighted by atomic mass is 10.2. The minimum absolute atomic E-state index is 0.131. The predicted octanol–water partition coefficient (Wildman–Crippen LogP) is 1.02. The van der Waals surface area contributed by atoms with Crippen LogP contribution in [-0.2, 0) is 29.5 Å². The fraction of sp³-hybridized carbons (Fsp3) is 0.412. The maximum atomic E-state index is 12.5. The monoisotopic (exact) mass is 362 g/mol. The van der Waals surface area contributed by atoms with Crippen LogP contribution in [0, 0.1) is 0 Å². The molecule has 1 aliphatic rings. The molecule has 0 bridgehead atoms. The molecule has 0 fully saturated rings. The molecule has 0 atom stereocenters. The first-order valence-corrected chi connectivity index (χ1v) is 10.1. The largest absolute Gasteiger partial charge is 0.350 e. The average molecular weight is 362 g/mol. The highest BCUT2D eigenvalue weighted by atomic mass is 32.2. The molecule has 1 aliphatic heterocycles. The van der Waals surface area contributed by atoms with E-state index < -0.39 is 10.0 Å². The third-order valence-electron chi connectivity index (χ3n) is 4.35. The van der Waals surface area contributed by atoms with Gasteiger partial charge in [-0.1, -0.05) is 0 Å². The number of fused-ring (bicyclic) bond motifs is 1. The molecular weight excluding hydrogens is 340 g/mol. The van der Waals surface area contributed by atoms with Crippen molar-refractivity contribution >= 4 is 15.9 Å². The van der Waals surface area contributed by atoms with Crippen molar-refractivity contribution in [1.29, 1.82) is 0 Å². The van der Waals surface area contributed by atoms with Gasteiger partial charge in [0.05, 0.1) is 12.8 Å². The second-order valence-corrected chi connectivity index (χ2v) is 8.16. The second kappa shape index (κ2) is 7.37. The second-order valence-electron chi connectivity index (χ2n) is 6.17. The zero-order chi connectivity index (χ0) is 17.9. The first kappa shape index (κ1) is 17.6. The van der Waals surface area contributed by atoms with E-state index in [0.717, 1.165) is 17.7 Å². The normalized spacial score (nSPS) is 15.4. The van der Waals surface area contributed by atoms with E-state index in [1.165, 1.54) is 10.6 Å². The maximum absolute atomic E-state index is 12.5. The highest BCUT2D eigenvalue weighted by molar-refractivity contribution is 7.88. The van der Waals surface area contributed by atoms with Crippen molar-refractivity contribution in [2.24, 2.45) is 0 Å². The van der Waals surface area contributed by atoms with Gasteiger partial charge in [-0.15, -0.1) is 0 Å². The Morgan fingerprint density at radius 1 is 1.20 bits per heavy atom. The number of sulfonamides is 1. The summed E-state index contributed by atoms with van der Waals surface area (Å²) in [5.41, 5.74) is 2.55. The van der Waals surface area contributed by atoms with E-state index >= 15 is 0 Å². The van der Waals surface area contributed by atoms with Crippen molar-refractivity contribution < 1.29 is 13.2 Å². The molecule has 3 heterocycles. The summed E-state index contributed by atoms with van der Waals surface area (Å²) in [6.07, 6.45) is 6.11. The Morgan fingerprint density at radius 3 is 2.68 bits per heavy atom. The molecule has 134 valence electrons. The van der Waals surface area contributed by atoms with Crippen LogP contribution in [0.1, 0.15) is 28.2 Å². The van der Waals surface area contributed by atoms with E-state index in [1.54, 1.807) is 18.5 Å². The summed E-state index contributed by atoms with van der Waals surface area (Å²) in [6.45, 7) is 1.97. The van der Waals surface area contributed by atoms with Crippen molar-refractivity contribution in [2.45, 2.75) is 25.9 Å². The Morgan fingerprint density at radius 2 is 1.96 bits per heavy atom. The molecule has 2 aromatic rings. The number of carbonyl (C=O) groups excluding carboxylic acids is 1. The van der Waals surface area contributed by atoms with Gasteiger partial charge in [-0.25, -0.2) is 8.42 Å². The number of rotatable bonds is 5. The first-order valence-electron chi connectivity index (χ1n) is 8.26. The molecule has 1 N–H and O–H groups in total. The van der Waals surface area contributed by atoms with Crippen LogP contribution in [0.2, 0.25) is 0 Å².